The largest absolute Gasteiger partial charge is 0.459 e. The van der Waals surface area contributed by atoms with Gasteiger partial charge < -0.3 is 10.1 Å². The van der Waals surface area contributed by atoms with Crippen LogP contribution < -0.4 is 5.32 Å². The number of carbonyl (C=O) groups excluding carboxylic acids is 1. The Labute approximate surface area is 96.8 Å². The normalized spacial score (nSPS) is 13.2. The van der Waals surface area contributed by atoms with Crippen LogP contribution in [0.25, 0.3) is 0 Å². The number of esters is 1. The zero-order valence-corrected chi connectivity index (χ0v) is 10.3. The van der Waals surface area contributed by atoms with Crippen molar-refractivity contribution in [3.05, 3.63) is 35.9 Å². The molecule has 0 amide bonds. The first kappa shape index (κ1) is 12.7. The predicted octanol–water partition coefficient (Wildman–Crippen LogP) is 2.29. The first-order valence-corrected chi connectivity index (χ1v) is 5.39. The molecule has 0 saturated heterocycles. The summed E-state index contributed by atoms with van der Waals surface area (Å²) < 4.78 is 5.34. The number of nitrogens with one attached hydrogen (secondary N) is 1. The van der Waals surface area contributed by atoms with E-state index >= 15 is 0 Å². The standard InChI is InChI=1S/C13H19NO2/c1-13(2,3)16-12(15)11(14-4)10-8-6-5-7-9-10/h5-9,11,14H,1-4H3. The summed E-state index contributed by atoms with van der Waals surface area (Å²) in [7, 11) is 1.75. The minimum Gasteiger partial charge on any atom is -0.459 e. The lowest BCUT2D eigenvalue weighted by Gasteiger charge is -2.23. The molecule has 3 heteroatoms. The quantitative estimate of drug-likeness (QED) is 0.796. The molecule has 0 bridgehead atoms. The van der Waals surface area contributed by atoms with Crippen molar-refractivity contribution in [1.82, 2.24) is 5.32 Å². The van der Waals surface area contributed by atoms with E-state index in [1.165, 1.54) is 0 Å². The van der Waals surface area contributed by atoms with Crippen molar-refractivity contribution in [1.29, 1.82) is 0 Å². The van der Waals surface area contributed by atoms with Gasteiger partial charge in [-0.25, -0.2) is 4.79 Å². The summed E-state index contributed by atoms with van der Waals surface area (Å²) in [4.78, 5) is 11.9. The Balaban J connectivity index is 2.80. The van der Waals surface area contributed by atoms with Crippen LogP contribution in [0.2, 0.25) is 0 Å². The second kappa shape index (κ2) is 5.12. The molecule has 1 rings (SSSR count). The third-order valence-corrected chi connectivity index (χ3v) is 2.06. The monoisotopic (exact) mass is 221 g/mol. The van der Waals surface area contributed by atoms with Gasteiger partial charge in [0.05, 0.1) is 0 Å². The summed E-state index contributed by atoms with van der Waals surface area (Å²) in [5, 5.41) is 2.97. The lowest BCUT2D eigenvalue weighted by atomic mass is 10.1. The zero-order chi connectivity index (χ0) is 12.2. The summed E-state index contributed by atoms with van der Waals surface area (Å²) in [6.45, 7) is 5.59. The fourth-order valence-corrected chi connectivity index (χ4v) is 1.43. The molecule has 0 radical (unpaired) electrons. The van der Waals surface area contributed by atoms with Gasteiger partial charge in [0, 0.05) is 0 Å². The van der Waals surface area contributed by atoms with Crippen LogP contribution in [0.1, 0.15) is 32.4 Å². The van der Waals surface area contributed by atoms with Gasteiger partial charge in [0.2, 0.25) is 0 Å². The number of likely N-dealkylation sites (N-methyl/N-ethyl adjacent to an activating group) is 1. The Bertz CT molecular complexity index is 341. The molecule has 0 aliphatic rings. The van der Waals surface area contributed by atoms with Crippen molar-refractivity contribution in [2.75, 3.05) is 7.05 Å². The Morgan fingerprint density at radius 2 is 1.81 bits per heavy atom. The van der Waals surface area contributed by atoms with Crippen molar-refractivity contribution in [3.8, 4) is 0 Å². The van der Waals surface area contributed by atoms with Crippen molar-refractivity contribution in [2.24, 2.45) is 0 Å². The molecule has 0 aliphatic carbocycles. The highest BCUT2D eigenvalue weighted by molar-refractivity contribution is 5.78. The van der Waals surface area contributed by atoms with Crippen LogP contribution >= 0.6 is 0 Å². The van der Waals surface area contributed by atoms with E-state index < -0.39 is 11.6 Å². The first-order chi connectivity index (χ1) is 7.44. The van der Waals surface area contributed by atoms with Crippen LogP contribution in [0.5, 0.6) is 0 Å². The molecule has 1 unspecified atom stereocenters. The summed E-state index contributed by atoms with van der Waals surface area (Å²) in [6.07, 6.45) is 0. The molecule has 0 aliphatic heterocycles. The van der Waals surface area contributed by atoms with Gasteiger partial charge in [-0.1, -0.05) is 30.3 Å². The van der Waals surface area contributed by atoms with Crippen LogP contribution in [0.15, 0.2) is 30.3 Å². The van der Waals surface area contributed by atoms with Gasteiger partial charge in [0.1, 0.15) is 11.6 Å². The van der Waals surface area contributed by atoms with Crippen molar-refractivity contribution >= 4 is 5.97 Å². The summed E-state index contributed by atoms with van der Waals surface area (Å²) in [6, 6.07) is 9.15. The van der Waals surface area contributed by atoms with Crippen molar-refractivity contribution in [2.45, 2.75) is 32.4 Å². The van der Waals surface area contributed by atoms with Crippen LogP contribution in [0.3, 0.4) is 0 Å². The van der Waals surface area contributed by atoms with Crippen molar-refractivity contribution in [3.63, 3.8) is 0 Å². The van der Waals surface area contributed by atoms with Gasteiger partial charge in [-0.05, 0) is 33.4 Å². The molecule has 0 saturated carbocycles. The van der Waals surface area contributed by atoms with E-state index in [0.717, 1.165) is 5.56 Å². The Kier molecular flexibility index (Phi) is 4.07. The third-order valence-electron chi connectivity index (χ3n) is 2.06. The van der Waals surface area contributed by atoms with E-state index in [-0.39, 0.29) is 5.97 Å². The number of carbonyl (C=O) groups is 1. The first-order valence-electron chi connectivity index (χ1n) is 5.39. The summed E-state index contributed by atoms with van der Waals surface area (Å²) >= 11 is 0. The van der Waals surface area contributed by atoms with Gasteiger partial charge in [0.15, 0.2) is 0 Å². The van der Waals surface area contributed by atoms with E-state index in [9.17, 15) is 4.79 Å². The van der Waals surface area contributed by atoms with Crippen molar-refractivity contribution < 1.29 is 9.53 Å². The number of hydrogen-bond donors (Lipinski definition) is 1. The SMILES string of the molecule is CNC(C(=O)OC(C)(C)C)c1ccccc1. The lowest BCUT2D eigenvalue weighted by Crippen LogP contribution is -2.33. The summed E-state index contributed by atoms with van der Waals surface area (Å²) in [5.74, 6) is -0.249. The molecule has 0 spiro atoms. The van der Waals surface area contributed by atoms with E-state index in [0.29, 0.717) is 0 Å². The maximum atomic E-state index is 11.9. The minimum absolute atomic E-state index is 0.249. The zero-order valence-electron chi connectivity index (χ0n) is 10.3. The fraction of sp³-hybridized carbons (Fsp3) is 0.462. The topological polar surface area (TPSA) is 38.3 Å². The van der Waals surface area contributed by atoms with Gasteiger partial charge in [-0.2, -0.15) is 0 Å². The van der Waals surface area contributed by atoms with Crippen LogP contribution in [0, 0.1) is 0 Å². The van der Waals surface area contributed by atoms with E-state index in [4.69, 9.17) is 4.74 Å². The molecule has 3 nitrogen and oxygen atoms in total. The number of rotatable bonds is 3. The molecule has 1 aromatic rings. The number of ether oxygens (including phenoxy) is 1. The molecule has 1 atom stereocenters. The third kappa shape index (κ3) is 3.66. The van der Waals surface area contributed by atoms with Crippen LogP contribution in [-0.4, -0.2) is 18.6 Å². The number of hydrogen-bond acceptors (Lipinski definition) is 3. The molecular formula is C13H19NO2. The fourth-order valence-electron chi connectivity index (χ4n) is 1.43. The van der Waals surface area contributed by atoms with Gasteiger partial charge in [0.25, 0.3) is 0 Å². The highest BCUT2D eigenvalue weighted by Gasteiger charge is 2.24. The average Bonchev–Trinajstić information content (AvgIpc) is 2.17. The second-order valence-corrected chi connectivity index (χ2v) is 4.67. The van der Waals surface area contributed by atoms with Gasteiger partial charge in [-0.15, -0.1) is 0 Å². The summed E-state index contributed by atoms with van der Waals surface area (Å²) in [5.41, 5.74) is 0.459. The lowest BCUT2D eigenvalue weighted by molar-refractivity contribution is -0.157. The highest BCUT2D eigenvalue weighted by atomic mass is 16.6. The van der Waals surface area contributed by atoms with Crippen LogP contribution in [-0.2, 0) is 9.53 Å². The maximum absolute atomic E-state index is 11.9. The molecule has 0 fully saturated rings. The van der Waals surface area contributed by atoms with E-state index in [1.807, 2.05) is 51.1 Å². The minimum atomic E-state index is -0.457. The predicted molar refractivity (Wildman–Crippen MR) is 64.1 cm³/mol. The second-order valence-electron chi connectivity index (χ2n) is 4.67. The Morgan fingerprint density at radius 1 is 1.25 bits per heavy atom. The van der Waals surface area contributed by atoms with E-state index in [1.54, 1.807) is 7.05 Å². The number of benzene rings is 1. The maximum Gasteiger partial charge on any atom is 0.328 e. The van der Waals surface area contributed by atoms with Gasteiger partial charge >= 0.3 is 5.97 Å². The van der Waals surface area contributed by atoms with E-state index in [2.05, 4.69) is 5.32 Å². The smallest absolute Gasteiger partial charge is 0.328 e. The molecule has 16 heavy (non-hydrogen) atoms. The average molecular weight is 221 g/mol. The molecule has 1 aromatic carbocycles. The highest BCUT2D eigenvalue weighted by Crippen LogP contribution is 2.17. The van der Waals surface area contributed by atoms with Gasteiger partial charge in [-0.3, -0.25) is 0 Å². The molecule has 1 N–H and O–H groups in total. The van der Waals surface area contributed by atoms with Crippen LogP contribution in [0.4, 0.5) is 0 Å². The Morgan fingerprint density at radius 3 is 2.25 bits per heavy atom. The molecular weight excluding hydrogens is 202 g/mol. The molecule has 88 valence electrons. The molecule has 0 heterocycles. The Hall–Kier alpha value is -1.35. The molecule has 0 aromatic heterocycles.